The van der Waals surface area contributed by atoms with Crippen LogP contribution in [0.25, 0.3) is 0 Å². The first-order chi connectivity index (χ1) is 14.4. The Kier molecular flexibility index (Phi) is 7.70. The van der Waals surface area contributed by atoms with E-state index < -0.39 is 0 Å². The van der Waals surface area contributed by atoms with Gasteiger partial charge in [-0.1, -0.05) is 42.0 Å². The summed E-state index contributed by atoms with van der Waals surface area (Å²) >= 11 is 0. The van der Waals surface area contributed by atoms with Gasteiger partial charge in [-0.2, -0.15) is 0 Å². The Hall–Kier alpha value is -2.14. The zero-order valence-electron chi connectivity index (χ0n) is 18.8. The van der Waals surface area contributed by atoms with Gasteiger partial charge in [0.2, 0.25) is 11.8 Å². The zero-order chi connectivity index (χ0) is 21.6. The van der Waals surface area contributed by atoms with Gasteiger partial charge in [-0.15, -0.1) is 0 Å². The molecule has 0 spiro atoms. The molecule has 1 fully saturated rings. The molecule has 0 radical (unpaired) electrons. The number of carbonyl (C=O) groups is 2. The number of hydrogen-bond acceptors (Lipinski definition) is 3. The van der Waals surface area contributed by atoms with E-state index >= 15 is 0 Å². The molecule has 0 atom stereocenters. The highest BCUT2D eigenvalue weighted by atomic mass is 16.2. The second-order valence-electron chi connectivity index (χ2n) is 9.22. The molecule has 1 aromatic carbocycles. The van der Waals surface area contributed by atoms with Crippen molar-refractivity contribution in [3.05, 3.63) is 47.5 Å². The topological polar surface area (TPSA) is 52.7 Å². The molecular formula is C25H37N3O2. The van der Waals surface area contributed by atoms with Gasteiger partial charge in [0.1, 0.15) is 0 Å². The molecule has 0 unspecified atom stereocenters. The van der Waals surface area contributed by atoms with E-state index in [0.29, 0.717) is 13.0 Å². The molecule has 3 rings (SSSR count). The summed E-state index contributed by atoms with van der Waals surface area (Å²) < 4.78 is 0. The summed E-state index contributed by atoms with van der Waals surface area (Å²) in [7, 11) is 4.35. The third-order valence-electron chi connectivity index (χ3n) is 6.86. The van der Waals surface area contributed by atoms with Crippen LogP contribution >= 0.6 is 0 Å². The van der Waals surface area contributed by atoms with E-state index in [0.717, 1.165) is 45.1 Å². The fourth-order valence-electron chi connectivity index (χ4n) is 4.71. The minimum Gasteiger partial charge on any atom is -0.353 e. The van der Waals surface area contributed by atoms with Crippen LogP contribution in [0.5, 0.6) is 0 Å². The van der Waals surface area contributed by atoms with E-state index in [2.05, 4.69) is 61.6 Å². The first-order valence-electron chi connectivity index (χ1n) is 11.3. The number of likely N-dealkylation sites (N-methyl/N-ethyl adjacent to an activating group) is 1. The van der Waals surface area contributed by atoms with Gasteiger partial charge in [0.05, 0.1) is 0 Å². The van der Waals surface area contributed by atoms with E-state index in [9.17, 15) is 9.59 Å². The van der Waals surface area contributed by atoms with E-state index in [-0.39, 0.29) is 29.8 Å². The number of benzene rings is 1. The third-order valence-corrected chi connectivity index (χ3v) is 6.86. The largest absolute Gasteiger partial charge is 0.353 e. The van der Waals surface area contributed by atoms with E-state index in [1.54, 1.807) is 0 Å². The summed E-state index contributed by atoms with van der Waals surface area (Å²) in [5.74, 6) is 0.0969. The predicted octanol–water partition coefficient (Wildman–Crippen LogP) is 3.47. The second kappa shape index (κ2) is 10.3. The Bertz CT molecular complexity index is 746. The van der Waals surface area contributed by atoms with Crippen LogP contribution in [0, 0.1) is 6.92 Å². The number of amides is 2. The molecule has 1 heterocycles. The molecule has 5 nitrogen and oxygen atoms in total. The number of hydrogen-bond donors (Lipinski definition) is 1. The first kappa shape index (κ1) is 22.5. The summed E-state index contributed by atoms with van der Waals surface area (Å²) in [6.07, 6.45) is 10.8. The van der Waals surface area contributed by atoms with Crippen LogP contribution in [0.1, 0.15) is 56.1 Å². The number of nitrogens with one attached hydrogen (secondary N) is 1. The molecule has 0 aromatic heterocycles. The van der Waals surface area contributed by atoms with Crippen LogP contribution in [-0.4, -0.2) is 60.4 Å². The average Bonchev–Trinajstić information content (AvgIpc) is 2.75. The Balaban J connectivity index is 1.46. The molecule has 2 amide bonds. The monoisotopic (exact) mass is 411 g/mol. The van der Waals surface area contributed by atoms with Crippen LogP contribution in [-0.2, 0) is 16.0 Å². The van der Waals surface area contributed by atoms with Crippen molar-refractivity contribution in [1.82, 2.24) is 15.1 Å². The van der Waals surface area contributed by atoms with Crippen molar-refractivity contribution in [3.8, 4) is 0 Å². The van der Waals surface area contributed by atoms with Gasteiger partial charge in [0, 0.05) is 37.5 Å². The highest BCUT2D eigenvalue weighted by Gasteiger charge is 2.37. The molecule has 5 heteroatoms. The Labute approximate surface area is 181 Å². The maximum Gasteiger partial charge on any atom is 0.223 e. The molecule has 0 saturated heterocycles. The molecule has 164 valence electrons. The lowest BCUT2D eigenvalue weighted by Gasteiger charge is -2.45. The Morgan fingerprint density at radius 3 is 2.40 bits per heavy atom. The molecule has 1 aliphatic heterocycles. The summed E-state index contributed by atoms with van der Waals surface area (Å²) in [6, 6.07) is 9.07. The first-order valence-corrected chi connectivity index (χ1v) is 11.3. The molecule has 2 aliphatic rings. The standard InChI is InChI=1S/C25H37N3O2/c1-20-7-9-21(10-8-20)19-25(27(2)3)15-13-22(14-16-25)26-23(29)11-12-24(30)28-17-5-4-6-18-28/h4-5,7-10,22H,6,11-19H2,1-3H3,(H,26,29). The highest BCUT2D eigenvalue weighted by Crippen LogP contribution is 2.35. The fourth-order valence-corrected chi connectivity index (χ4v) is 4.71. The van der Waals surface area contributed by atoms with Gasteiger partial charge >= 0.3 is 0 Å². The lowest BCUT2D eigenvalue weighted by atomic mass is 9.74. The molecular weight excluding hydrogens is 374 g/mol. The number of aryl methyl sites for hydroxylation is 1. The van der Waals surface area contributed by atoms with Crippen LogP contribution in [0.2, 0.25) is 0 Å². The van der Waals surface area contributed by atoms with Crippen LogP contribution in [0.3, 0.4) is 0 Å². The van der Waals surface area contributed by atoms with Crippen molar-refractivity contribution in [3.63, 3.8) is 0 Å². The van der Waals surface area contributed by atoms with Crippen molar-refractivity contribution in [2.75, 3.05) is 27.2 Å². The molecule has 30 heavy (non-hydrogen) atoms. The van der Waals surface area contributed by atoms with Crippen molar-refractivity contribution < 1.29 is 9.59 Å². The number of carbonyl (C=O) groups excluding carboxylic acids is 2. The van der Waals surface area contributed by atoms with E-state index in [1.807, 2.05) is 11.0 Å². The van der Waals surface area contributed by atoms with Crippen LogP contribution in [0.15, 0.2) is 36.4 Å². The summed E-state index contributed by atoms with van der Waals surface area (Å²) in [6.45, 7) is 3.57. The minimum atomic E-state index is 0.0109. The highest BCUT2D eigenvalue weighted by molar-refractivity contribution is 5.84. The SMILES string of the molecule is Cc1ccc(CC2(N(C)C)CCC(NC(=O)CCC(=O)N3CC=CCC3)CC2)cc1. The third kappa shape index (κ3) is 5.94. The smallest absolute Gasteiger partial charge is 0.223 e. The lowest BCUT2D eigenvalue weighted by Crippen LogP contribution is -2.52. The molecule has 1 saturated carbocycles. The van der Waals surface area contributed by atoms with Gasteiger partial charge in [-0.05, 0) is 65.1 Å². The van der Waals surface area contributed by atoms with E-state index in [4.69, 9.17) is 0 Å². The number of nitrogens with zero attached hydrogens (tertiary/aromatic N) is 2. The van der Waals surface area contributed by atoms with Gasteiger partial charge < -0.3 is 15.1 Å². The minimum absolute atomic E-state index is 0.0109. The van der Waals surface area contributed by atoms with Crippen molar-refractivity contribution >= 4 is 11.8 Å². The second-order valence-corrected chi connectivity index (χ2v) is 9.22. The molecule has 1 N–H and O–H groups in total. The number of rotatable bonds is 7. The van der Waals surface area contributed by atoms with Gasteiger partial charge in [0.15, 0.2) is 0 Å². The quantitative estimate of drug-likeness (QED) is 0.699. The van der Waals surface area contributed by atoms with Crippen molar-refractivity contribution in [1.29, 1.82) is 0 Å². The fraction of sp³-hybridized carbons (Fsp3) is 0.600. The maximum absolute atomic E-state index is 12.4. The summed E-state index contributed by atoms with van der Waals surface area (Å²) in [5.41, 5.74) is 2.82. The molecule has 0 bridgehead atoms. The Morgan fingerprint density at radius 1 is 1.10 bits per heavy atom. The predicted molar refractivity (Wildman–Crippen MR) is 121 cm³/mol. The van der Waals surface area contributed by atoms with E-state index in [1.165, 1.54) is 11.1 Å². The Morgan fingerprint density at radius 2 is 1.80 bits per heavy atom. The molecule has 1 aliphatic carbocycles. The zero-order valence-corrected chi connectivity index (χ0v) is 18.8. The maximum atomic E-state index is 12.4. The average molecular weight is 412 g/mol. The van der Waals surface area contributed by atoms with Crippen LogP contribution < -0.4 is 5.32 Å². The van der Waals surface area contributed by atoms with Gasteiger partial charge in [-0.3, -0.25) is 9.59 Å². The van der Waals surface area contributed by atoms with Crippen molar-refractivity contribution in [2.24, 2.45) is 0 Å². The normalized spacial score (nSPS) is 24.1. The lowest BCUT2D eigenvalue weighted by molar-refractivity contribution is -0.133. The van der Waals surface area contributed by atoms with Crippen molar-refractivity contribution in [2.45, 2.75) is 69.9 Å². The molecule has 1 aromatic rings. The van der Waals surface area contributed by atoms with Crippen LogP contribution in [0.4, 0.5) is 0 Å². The summed E-state index contributed by atoms with van der Waals surface area (Å²) in [5, 5.41) is 3.18. The van der Waals surface area contributed by atoms with Gasteiger partial charge in [-0.25, -0.2) is 0 Å². The summed E-state index contributed by atoms with van der Waals surface area (Å²) in [4.78, 5) is 28.9. The van der Waals surface area contributed by atoms with Gasteiger partial charge in [0.25, 0.3) is 0 Å².